The topological polar surface area (TPSA) is 77.4 Å². The molecule has 0 radical (unpaired) electrons. The van der Waals surface area contributed by atoms with E-state index < -0.39 is 29.4 Å². The van der Waals surface area contributed by atoms with Gasteiger partial charge in [-0.05, 0) is 48.5 Å². The van der Waals surface area contributed by atoms with E-state index in [0.29, 0.717) is 19.0 Å². The maximum atomic E-state index is 12.4. The molecule has 7 heteroatoms. The Morgan fingerprint density at radius 3 is 1.86 bits per heavy atom. The molecule has 0 aliphatic carbocycles. The van der Waals surface area contributed by atoms with Gasteiger partial charge in [0.2, 0.25) is 5.90 Å². The second kappa shape index (κ2) is 6.54. The summed E-state index contributed by atoms with van der Waals surface area (Å²) < 4.78 is 15.9. The van der Waals surface area contributed by atoms with Gasteiger partial charge in [0.15, 0.2) is 0 Å². The SMILES string of the molecule is CC(C1=NCCO1)N(C(=O)OC(C)(C)C)C(=O)OC(C)(C)C. The number of imide groups is 1. The van der Waals surface area contributed by atoms with Crippen molar-refractivity contribution < 1.29 is 23.8 Å². The summed E-state index contributed by atoms with van der Waals surface area (Å²) in [5.41, 5.74) is -1.45. The monoisotopic (exact) mass is 314 g/mol. The molecule has 0 saturated heterocycles. The first-order chi connectivity index (χ1) is 9.91. The average Bonchev–Trinajstić information content (AvgIpc) is 2.76. The van der Waals surface area contributed by atoms with Crippen LogP contribution in [0.25, 0.3) is 0 Å². The van der Waals surface area contributed by atoms with Crippen molar-refractivity contribution in [2.75, 3.05) is 13.2 Å². The molecule has 1 rings (SSSR count). The summed E-state index contributed by atoms with van der Waals surface area (Å²) in [6.45, 7) is 13.0. The van der Waals surface area contributed by atoms with E-state index in [4.69, 9.17) is 14.2 Å². The van der Waals surface area contributed by atoms with E-state index in [9.17, 15) is 9.59 Å². The largest absolute Gasteiger partial charge is 0.478 e. The Balaban J connectivity index is 2.98. The fourth-order valence-electron chi connectivity index (χ4n) is 1.73. The lowest BCUT2D eigenvalue weighted by Crippen LogP contribution is -2.50. The second-order valence-corrected chi connectivity index (χ2v) is 7.08. The molecule has 0 saturated carbocycles. The summed E-state index contributed by atoms with van der Waals surface area (Å²) in [6.07, 6.45) is -1.57. The molecule has 1 aliphatic heterocycles. The van der Waals surface area contributed by atoms with Crippen LogP contribution in [0.2, 0.25) is 0 Å². The Hall–Kier alpha value is -1.79. The van der Waals surface area contributed by atoms with E-state index in [-0.39, 0.29) is 0 Å². The number of hydrogen-bond acceptors (Lipinski definition) is 6. The Labute approximate surface area is 131 Å². The fraction of sp³-hybridized carbons (Fsp3) is 0.800. The zero-order chi connectivity index (χ0) is 17.1. The molecule has 0 fully saturated rings. The second-order valence-electron chi connectivity index (χ2n) is 7.08. The Bertz CT molecular complexity index is 432. The summed E-state index contributed by atoms with van der Waals surface area (Å²) in [5, 5.41) is 0. The molecule has 1 atom stereocenters. The summed E-state index contributed by atoms with van der Waals surface area (Å²) >= 11 is 0. The van der Waals surface area contributed by atoms with Gasteiger partial charge < -0.3 is 14.2 Å². The maximum absolute atomic E-state index is 12.4. The van der Waals surface area contributed by atoms with Crippen LogP contribution in [0.5, 0.6) is 0 Å². The van der Waals surface area contributed by atoms with Crippen molar-refractivity contribution in [1.82, 2.24) is 4.90 Å². The smallest absolute Gasteiger partial charge is 0.420 e. The van der Waals surface area contributed by atoms with E-state index in [1.165, 1.54) is 0 Å². The minimum atomic E-state index is -0.785. The van der Waals surface area contributed by atoms with Crippen molar-refractivity contribution in [2.24, 2.45) is 4.99 Å². The number of ether oxygens (including phenoxy) is 3. The average molecular weight is 314 g/mol. The third-order valence-electron chi connectivity index (χ3n) is 2.53. The van der Waals surface area contributed by atoms with Crippen LogP contribution in [0.3, 0.4) is 0 Å². The minimum Gasteiger partial charge on any atom is -0.478 e. The lowest BCUT2D eigenvalue weighted by atomic mass is 10.2. The maximum Gasteiger partial charge on any atom is 0.420 e. The van der Waals surface area contributed by atoms with Crippen LogP contribution in [0.15, 0.2) is 4.99 Å². The molecule has 0 N–H and O–H groups in total. The van der Waals surface area contributed by atoms with Crippen molar-refractivity contribution in [1.29, 1.82) is 0 Å². The minimum absolute atomic E-state index is 0.330. The highest BCUT2D eigenvalue weighted by molar-refractivity contribution is 5.95. The van der Waals surface area contributed by atoms with Crippen LogP contribution >= 0.6 is 0 Å². The first-order valence-electron chi connectivity index (χ1n) is 7.33. The highest BCUT2D eigenvalue weighted by Gasteiger charge is 2.38. The van der Waals surface area contributed by atoms with Gasteiger partial charge in [-0.2, -0.15) is 4.90 Å². The lowest BCUT2D eigenvalue weighted by molar-refractivity contribution is -0.00238. The van der Waals surface area contributed by atoms with Crippen LogP contribution in [-0.4, -0.2) is 53.4 Å². The zero-order valence-corrected chi connectivity index (χ0v) is 14.4. The predicted octanol–water partition coefficient (Wildman–Crippen LogP) is 2.98. The van der Waals surface area contributed by atoms with Crippen molar-refractivity contribution in [3.05, 3.63) is 0 Å². The highest BCUT2D eigenvalue weighted by atomic mass is 16.6. The predicted molar refractivity (Wildman–Crippen MR) is 82.0 cm³/mol. The molecule has 7 nitrogen and oxygen atoms in total. The number of carbonyl (C=O) groups is 2. The molecule has 0 aromatic heterocycles. The van der Waals surface area contributed by atoms with E-state index in [1.807, 2.05) is 0 Å². The summed E-state index contributed by atoms with van der Waals surface area (Å²) in [5.74, 6) is 0.330. The number of nitrogens with zero attached hydrogens (tertiary/aromatic N) is 2. The first kappa shape index (κ1) is 18.3. The summed E-state index contributed by atoms with van der Waals surface area (Å²) in [7, 11) is 0. The lowest BCUT2D eigenvalue weighted by Gasteiger charge is -2.31. The molecule has 0 bridgehead atoms. The van der Waals surface area contributed by atoms with E-state index in [1.54, 1.807) is 48.5 Å². The number of hydrogen-bond donors (Lipinski definition) is 0. The van der Waals surface area contributed by atoms with Crippen LogP contribution in [-0.2, 0) is 14.2 Å². The number of aliphatic imine (C=N–C) groups is 1. The summed E-state index contributed by atoms with van der Waals surface area (Å²) in [4.78, 5) is 29.8. The van der Waals surface area contributed by atoms with Crippen LogP contribution in [0, 0.1) is 0 Å². The molecule has 0 aromatic carbocycles. The molecule has 1 unspecified atom stereocenters. The van der Waals surface area contributed by atoms with Gasteiger partial charge in [-0.25, -0.2) is 9.59 Å². The number of rotatable bonds is 2. The van der Waals surface area contributed by atoms with Gasteiger partial charge in [0.25, 0.3) is 0 Å². The van der Waals surface area contributed by atoms with E-state index in [2.05, 4.69) is 4.99 Å². The Morgan fingerprint density at radius 2 is 1.55 bits per heavy atom. The number of carbonyl (C=O) groups excluding carboxylic acids is 2. The third-order valence-corrected chi connectivity index (χ3v) is 2.53. The van der Waals surface area contributed by atoms with Crippen molar-refractivity contribution in [3.8, 4) is 0 Å². The quantitative estimate of drug-likeness (QED) is 0.783. The van der Waals surface area contributed by atoms with E-state index in [0.717, 1.165) is 4.90 Å². The highest BCUT2D eigenvalue weighted by Crippen LogP contribution is 2.18. The van der Waals surface area contributed by atoms with E-state index >= 15 is 0 Å². The molecule has 2 amide bonds. The van der Waals surface area contributed by atoms with Crippen molar-refractivity contribution in [3.63, 3.8) is 0 Å². The standard InChI is InChI=1S/C15H26N2O5/c1-10(11-16-8-9-20-11)17(12(18)21-14(2,3)4)13(19)22-15(5,6)7/h10H,8-9H2,1-7H3. The molecule has 0 spiro atoms. The van der Waals surface area contributed by atoms with Gasteiger partial charge in [0, 0.05) is 0 Å². The van der Waals surface area contributed by atoms with Crippen LogP contribution < -0.4 is 0 Å². The van der Waals surface area contributed by atoms with Gasteiger partial charge in [-0.3, -0.25) is 4.99 Å². The van der Waals surface area contributed by atoms with Gasteiger partial charge >= 0.3 is 12.2 Å². The van der Waals surface area contributed by atoms with Crippen molar-refractivity contribution >= 4 is 18.1 Å². The van der Waals surface area contributed by atoms with Crippen molar-refractivity contribution in [2.45, 2.75) is 65.7 Å². The molecule has 126 valence electrons. The zero-order valence-electron chi connectivity index (χ0n) is 14.4. The van der Waals surface area contributed by atoms with Crippen LogP contribution in [0.4, 0.5) is 9.59 Å². The molecule has 0 aromatic rings. The molecule has 22 heavy (non-hydrogen) atoms. The Morgan fingerprint density at radius 1 is 1.09 bits per heavy atom. The van der Waals surface area contributed by atoms with Crippen LogP contribution in [0.1, 0.15) is 48.5 Å². The molecular weight excluding hydrogens is 288 g/mol. The van der Waals surface area contributed by atoms with Gasteiger partial charge in [-0.1, -0.05) is 0 Å². The van der Waals surface area contributed by atoms with Gasteiger partial charge in [-0.15, -0.1) is 0 Å². The van der Waals surface area contributed by atoms with Gasteiger partial charge in [0.1, 0.15) is 23.9 Å². The first-order valence-corrected chi connectivity index (χ1v) is 7.33. The van der Waals surface area contributed by atoms with Gasteiger partial charge in [0.05, 0.1) is 6.54 Å². The third kappa shape index (κ3) is 5.54. The Kier molecular flexibility index (Phi) is 5.43. The molecule has 1 heterocycles. The normalized spacial score (nSPS) is 16.4. The fourth-order valence-corrected chi connectivity index (χ4v) is 1.73. The summed E-state index contributed by atoms with van der Waals surface area (Å²) in [6, 6.07) is -0.688. The molecular formula is C15H26N2O5. The number of amides is 2. The molecule has 1 aliphatic rings.